The zero-order valence-corrected chi connectivity index (χ0v) is 15.1. The lowest BCUT2D eigenvalue weighted by atomic mass is 10.1. The number of benzene rings is 1. The van der Waals surface area contributed by atoms with Gasteiger partial charge >= 0.3 is 11.9 Å². The number of nitrogens with zero attached hydrogens (tertiary/aromatic N) is 1. The first-order chi connectivity index (χ1) is 11.7. The molecule has 1 rings (SSSR count). The van der Waals surface area contributed by atoms with Gasteiger partial charge in [0.05, 0.1) is 6.10 Å². The molecule has 0 aliphatic heterocycles. The predicted octanol–water partition coefficient (Wildman–Crippen LogP) is 1.36. The number of likely N-dealkylation sites (N-methyl/N-ethyl adjacent to an activating group) is 1. The zero-order valence-electron chi connectivity index (χ0n) is 14.3. The summed E-state index contributed by atoms with van der Waals surface area (Å²) in [6.45, 7) is 1.46. The lowest BCUT2D eigenvalue weighted by molar-refractivity contribution is -0.159. The normalized spacial score (nSPS) is 11.5. The van der Waals surface area contributed by atoms with Gasteiger partial charge in [0, 0.05) is 6.54 Å². The van der Waals surface area contributed by atoms with Crippen molar-refractivity contribution in [3.05, 3.63) is 23.8 Å². The number of hydrogen-bond donors (Lipinski definition) is 5. The van der Waals surface area contributed by atoms with Gasteiger partial charge in [-0.05, 0) is 56.1 Å². The Morgan fingerprint density at radius 2 is 1.72 bits per heavy atom. The van der Waals surface area contributed by atoms with E-state index in [9.17, 15) is 15.3 Å². The molecule has 5 N–H and O–H groups in total. The largest absolute Gasteiger partial charge is 0.504 e. The topological polar surface area (TPSA) is 139 Å². The van der Waals surface area contributed by atoms with Gasteiger partial charge in [-0.2, -0.15) is 11.8 Å². The molecule has 8 nitrogen and oxygen atoms in total. The lowest BCUT2D eigenvalue weighted by Gasteiger charge is -2.20. The van der Waals surface area contributed by atoms with Crippen molar-refractivity contribution in [3.63, 3.8) is 0 Å². The first kappa shape index (κ1) is 23.0. The fraction of sp³-hybridized carbons (Fsp3) is 0.500. The van der Waals surface area contributed by atoms with E-state index in [0.29, 0.717) is 12.1 Å². The summed E-state index contributed by atoms with van der Waals surface area (Å²) in [6, 6.07) is 4.43. The number of phenols is 2. The summed E-state index contributed by atoms with van der Waals surface area (Å²) in [6.07, 6.45) is 3.74. The highest BCUT2D eigenvalue weighted by atomic mass is 32.2. The van der Waals surface area contributed by atoms with Gasteiger partial charge in [0.1, 0.15) is 0 Å². The summed E-state index contributed by atoms with van der Waals surface area (Å²) in [7, 11) is 1.97. The second-order valence-corrected chi connectivity index (χ2v) is 6.32. The van der Waals surface area contributed by atoms with Gasteiger partial charge < -0.3 is 30.4 Å². The highest BCUT2D eigenvalue weighted by molar-refractivity contribution is 7.98. The van der Waals surface area contributed by atoms with Crippen molar-refractivity contribution < 1.29 is 35.1 Å². The van der Waals surface area contributed by atoms with Crippen molar-refractivity contribution >= 4 is 23.7 Å². The highest BCUT2D eigenvalue weighted by Crippen LogP contribution is 2.27. The monoisotopic (exact) mass is 375 g/mol. The van der Waals surface area contributed by atoms with Crippen molar-refractivity contribution in [2.45, 2.75) is 18.9 Å². The summed E-state index contributed by atoms with van der Waals surface area (Å²) in [5, 5.41) is 43.5. The second-order valence-electron chi connectivity index (χ2n) is 5.34. The Labute approximate surface area is 150 Å². The molecule has 0 amide bonds. The SMILES string of the molecule is CSCCCCN(C)C[C@H](O)c1ccc(O)c(O)c1.O=C(O)C(=O)O. The smallest absolute Gasteiger partial charge is 0.414 e. The minimum atomic E-state index is -1.82. The van der Waals surface area contributed by atoms with Crippen LogP contribution in [-0.4, -0.2) is 74.5 Å². The van der Waals surface area contributed by atoms with E-state index in [1.165, 1.54) is 24.3 Å². The molecule has 0 saturated heterocycles. The number of hydrogen-bond acceptors (Lipinski definition) is 7. The number of carboxylic acids is 2. The summed E-state index contributed by atoms with van der Waals surface area (Å²) in [4.78, 5) is 20.3. The second kappa shape index (κ2) is 12.4. The van der Waals surface area contributed by atoms with Crippen LogP contribution >= 0.6 is 11.8 Å². The molecule has 0 bridgehead atoms. The molecule has 0 radical (unpaired) electrons. The number of aliphatic hydroxyl groups excluding tert-OH is 1. The Bertz CT molecular complexity index is 541. The van der Waals surface area contributed by atoms with E-state index < -0.39 is 18.0 Å². The van der Waals surface area contributed by atoms with Crippen LogP contribution in [0.15, 0.2) is 18.2 Å². The maximum atomic E-state index is 10.1. The van der Waals surface area contributed by atoms with Gasteiger partial charge in [-0.1, -0.05) is 6.07 Å². The average Bonchev–Trinajstić information content (AvgIpc) is 2.54. The van der Waals surface area contributed by atoms with Crippen LogP contribution in [-0.2, 0) is 9.59 Å². The maximum absolute atomic E-state index is 10.1. The van der Waals surface area contributed by atoms with E-state index in [1.54, 1.807) is 6.07 Å². The van der Waals surface area contributed by atoms with Crippen LogP contribution in [0, 0.1) is 0 Å². The number of phenolic OH excluding ortho intramolecular Hbond substituents is 2. The van der Waals surface area contributed by atoms with Crippen molar-refractivity contribution in [2.75, 3.05) is 32.1 Å². The summed E-state index contributed by atoms with van der Waals surface area (Å²) >= 11 is 1.85. The summed E-state index contributed by atoms with van der Waals surface area (Å²) < 4.78 is 0. The number of thioether (sulfide) groups is 1. The third-order valence-electron chi connectivity index (χ3n) is 3.19. The van der Waals surface area contributed by atoms with Gasteiger partial charge in [-0.15, -0.1) is 0 Å². The molecule has 0 spiro atoms. The molecule has 0 saturated carbocycles. The fourth-order valence-electron chi connectivity index (χ4n) is 1.87. The Kier molecular flexibility index (Phi) is 11.4. The van der Waals surface area contributed by atoms with Gasteiger partial charge in [0.25, 0.3) is 0 Å². The van der Waals surface area contributed by atoms with E-state index >= 15 is 0 Å². The van der Waals surface area contributed by atoms with Gasteiger partial charge in [0.15, 0.2) is 11.5 Å². The van der Waals surface area contributed by atoms with Crippen molar-refractivity contribution in [1.29, 1.82) is 0 Å². The van der Waals surface area contributed by atoms with Crippen LogP contribution in [0.3, 0.4) is 0 Å². The quantitative estimate of drug-likeness (QED) is 0.259. The van der Waals surface area contributed by atoms with Crippen LogP contribution in [0.2, 0.25) is 0 Å². The fourth-order valence-corrected chi connectivity index (χ4v) is 2.36. The minimum absolute atomic E-state index is 0.165. The van der Waals surface area contributed by atoms with Crippen LogP contribution < -0.4 is 0 Å². The molecule has 1 atom stereocenters. The number of rotatable bonds is 8. The molecule has 142 valence electrons. The van der Waals surface area contributed by atoms with Crippen LogP contribution in [0.5, 0.6) is 11.5 Å². The Morgan fingerprint density at radius 3 is 2.20 bits per heavy atom. The van der Waals surface area contributed by atoms with Gasteiger partial charge in [0.2, 0.25) is 0 Å². The van der Waals surface area contributed by atoms with E-state index in [2.05, 4.69) is 11.2 Å². The molecule has 0 aliphatic rings. The molecule has 9 heteroatoms. The number of aliphatic hydroxyl groups is 1. The van der Waals surface area contributed by atoms with Crippen LogP contribution in [0.1, 0.15) is 24.5 Å². The van der Waals surface area contributed by atoms with Crippen molar-refractivity contribution in [1.82, 2.24) is 4.90 Å². The van der Waals surface area contributed by atoms with Crippen LogP contribution in [0.4, 0.5) is 0 Å². The Balaban J connectivity index is 0.000000823. The number of aromatic hydroxyl groups is 2. The van der Waals surface area contributed by atoms with Gasteiger partial charge in [-0.25, -0.2) is 9.59 Å². The zero-order chi connectivity index (χ0) is 19.4. The molecular formula is C16H25NO7S. The molecular weight excluding hydrogens is 350 g/mol. The summed E-state index contributed by atoms with van der Waals surface area (Å²) in [5.41, 5.74) is 0.617. The third-order valence-corrected chi connectivity index (χ3v) is 3.89. The van der Waals surface area contributed by atoms with Crippen LogP contribution in [0.25, 0.3) is 0 Å². The molecule has 0 aromatic heterocycles. The first-order valence-corrected chi connectivity index (χ1v) is 8.92. The molecule has 25 heavy (non-hydrogen) atoms. The molecule has 0 heterocycles. The van der Waals surface area contributed by atoms with E-state index in [-0.39, 0.29) is 11.5 Å². The Hall–Kier alpha value is -1.97. The van der Waals surface area contributed by atoms with Crippen molar-refractivity contribution in [3.8, 4) is 11.5 Å². The van der Waals surface area contributed by atoms with E-state index in [1.807, 2.05) is 18.8 Å². The van der Waals surface area contributed by atoms with Crippen molar-refractivity contribution in [2.24, 2.45) is 0 Å². The van der Waals surface area contributed by atoms with E-state index in [4.69, 9.17) is 19.8 Å². The molecule has 1 aromatic carbocycles. The number of carbonyl (C=O) groups is 2. The number of carboxylic acid groups (broad SMARTS) is 2. The molecule has 0 aliphatic carbocycles. The van der Waals surface area contributed by atoms with E-state index in [0.717, 1.165) is 13.0 Å². The minimum Gasteiger partial charge on any atom is -0.504 e. The molecule has 1 aromatic rings. The number of aliphatic carboxylic acids is 2. The van der Waals surface area contributed by atoms with Gasteiger partial charge in [-0.3, -0.25) is 0 Å². The first-order valence-electron chi connectivity index (χ1n) is 7.52. The summed E-state index contributed by atoms with van der Waals surface area (Å²) in [5.74, 6) is -2.84. The molecule has 0 unspecified atom stereocenters. The average molecular weight is 375 g/mol. The predicted molar refractivity (Wildman–Crippen MR) is 95.1 cm³/mol. The maximum Gasteiger partial charge on any atom is 0.414 e. The standard InChI is InChI=1S/C14H23NO3S.C2H2O4/c1-15(7-3-4-8-19-2)10-14(18)11-5-6-12(16)13(17)9-11;3-1(4)2(5)6/h5-6,9,14,16-18H,3-4,7-8,10H2,1-2H3;(H,3,4)(H,5,6)/t14-;/m0./s1. The third kappa shape index (κ3) is 10.5. The molecule has 0 fully saturated rings. The highest BCUT2D eigenvalue weighted by Gasteiger charge is 2.12. The Morgan fingerprint density at radius 1 is 1.12 bits per heavy atom. The number of unbranched alkanes of at least 4 members (excludes halogenated alkanes) is 1. The lowest BCUT2D eigenvalue weighted by Crippen LogP contribution is -2.25.